The maximum atomic E-state index is 12.5. The van der Waals surface area contributed by atoms with Crippen LogP contribution in [0.1, 0.15) is 15.9 Å². The minimum Gasteiger partial charge on any atom is -0.508 e. The Balaban J connectivity index is 2.03. The first kappa shape index (κ1) is 14.5. The molecule has 0 fully saturated rings. The molecule has 0 aliphatic heterocycles. The van der Waals surface area contributed by atoms with Crippen LogP contribution in [0.5, 0.6) is 11.5 Å². The van der Waals surface area contributed by atoms with Crippen LogP contribution >= 0.6 is 0 Å². The molecule has 3 aromatic rings. The number of carbonyl (C=O) groups excluding carboxylic acids is 1. The monoisotopic (exact) mass is 307 g/mol. The fourth-order valence-corrected chi connectivity index (χ4v) is 2.19. The first-order valence-electron chi connectivity index (χ1n) is 6.80. The molecular formula is C17H13N3O3. The summed E-state index contributed by atoms with van der Waals surface area (Å²) in [4.78, 5) is 20.4. The van der Waals surface area contributed by atoms with Crippen molar-refractivity contribution in [3.8, 4) is 22.8 Å². The topological polar surface area (TPSA) is 109 Å². The van der Waals surface area contributed by atoms with E-state index in [0.29, 0.717) is 22.4 Å². The van der Waals surface area contributed by atoms with Gasteiger partial charge >= 0.3 is 0 Å². The lowest BCUT2D eigenvalue weighted by atomic mass is 9.99. The summed E-state index contributed by atoms with van der Waals surface area (Å²) < 4.78 is 0. The number of carbonyl (C=O) groups is 1. The van der Waals surface area contributed by atoms with Crippen molar-refractivity contribution >= 4 is 11.7 Å². The third-order valence-electron chi connectivity index (χ3n) is 3.34. The average Bonchev–Trinajstić information content (AvgIpc) is 2.55. The summed E-state index contributed by atoms with van der Waals surface area (Å²) in [5, 5.41) is 19.3. The number of nitrogen functional groups attached to an aromatic ring is 1. The van der Waals surface area contributed by atoms with E-state index in [9.17, 15) is 15.0 Å². The predicted molar refractivity (Wildman–Crippen MR) is 85.1 cm³/mol. The van der Waals surface area contributed by atoms with E-state index in [2.05, 4.69) is 9.97 Å². The number of benzene rings is 2. The predicted octanol–water partition coefficient (Wildman–Crippen LogP) is 2.37. The van der Waals surface area contributed by atoms with Gasteiger partial charge in [-0.3, -0.25) is 4.79 Å². The summed E-state index contributed by atoms with van der Waals surface area (Å²) in [7, 11) is 0. The summed E-state index contributed by atoms with van der Waals surface area (Å²) >= 11 is 0. The molecule has 6 heteroatoms. The number of nitrogens with two attached hydrogens (primary N) is 1. The number of hydrogen-bond donors (Lipinski definition) is 3. The normalized spacial score (nSPS) is 10.4. The van der Waals surface area contributed by atoms with E-state index in [0.717, 1.165) is 0 Å². The van der Waals surface area contributed by atoms with E-state index in [1.165, 1.54) is 42.6 Å². The van der Waals surface area contributed by atoms with Crippen LogP contribution in [0.4, 0.5) is 5.95 Å². The first-order chi connectivity index (χ1) is 11.0. The van der Waals surface area contributed by atoms with Gasteiger partial charge in [0, 0.05) is 22.9 Å². The highest BCUT2D eigenvalue weighted by Gasteiger charge is 2.14. The lowest BCUT2D eigenvalue weighted by Crippen LogP contribution is -2.02. The fourth-order valence-electron chi connectivity index (χ4n) is 2.19. The highest BCUT2D eigenvalue weighted by Crippen LogP contribution is 2.29. The molecule has 0 atom stereocenters. The number of phenolic OH excluding ortho intramolecular Hbond substituents is 2. The lowest BCUT2D eigenvalue weighted by molar-refractivity contribution is 0.103. The summed E-state index contributed by atoms with van der Waals surface area (Å²) in [6, 6.07) is 12.1. The van der Waals surface area contributed by atoms with Crippen LogP contribution in [0.3, 0.4) is 0 Å². The minimum absolute atomic E-state index is 0.00893. The van der Waals surface area contributed by atoms with Crippen LogP contribution in [0.15, 0.2) is 54.7 Å². The molecule has 0 bridgehead atoms. The summed E-state index contributed by atoms with van der Waals surface area (Å²) in [6.45, 7) is 0. The van der Waals surface area contributed by atoms with E-state index < -0.39 is 0 Å². The van der Waals surface area contributed by atoms with Crippen LogP contribution < -0.4 is 5.73 Å². The molecule has 0 radical (unpaired) electrons. The Morgan fingerprint density at radius 1 is 0.957 bits per heavy atom. The van der Waals surface area contributed by atoms with Crippen molar-refractivity contribution in [1.82, 2.24) is 9.97 Å². The van der Waals surface area contributed by atoms with Gasteiger partial charge in [0.15, 0.2) is 5.78 Å². The van der Waals surface area contributed by atoms with Crippen LogP contribution in [-0.2, 0) is 0 Å². The van der Waals surface area contributed by atoms with Gasteiger partial charge in [-0.2, -0.15) is 0 Å². The molecule has 0 saturated carbocycles. The number of nitrogens with zero attached hydrogens (tertiary/aromatic N) is 2. The van der Waals surface area contributed by atoms with Crippen molar-refractivity contribution in [3.63, 3.8) is 0 Å². The third-order valence-corrected chi connectivity index (χ3v) is 3.34. The number of aromatic nitrogens is 2. The standard InChI is InChI=1S/C17H13N3O3/c18-17-19-8-7-14(20-17)13-9-11(3-6-15(13)22)16(23)10-1-4-12(21)5-2-10/h1-9,21-22H,(H2,18,19,20). The third kappa shape index (κ3) is 2.96. The van der Waals surface area contributed by atoms with E-state index in [-0.39, 0.29) is 23.2 Å². The highest BCUT2D eigenvalue weighted by molar-refractivity contribution is 6.09. The van der Waals surface area contributed by atoms with Gasteiger partial charge in [0.2, 0.25) is 5.95 Å². The van der Waals surface area contributed by atoms with Gasteiger partial charge in [0.25, 0.3) is 0 Å². The zero-order valence-electron chi connectivity index (χ0n) is 12.0. The van der Waals surface area contributed by atoms with Gasteiger partial charge in [-0.1, -0.05) is 0 Å². The van der Waals surface area contributed by atoms with Crippen LogP contribution in [0.25, 0.3) is 11.3 Å². The lowest BCUT2D eigenvalue weighted by Gasteiger charge is -2.07. The zero-order chi connectivity index (χ0) is 16.4. The van der Waals surface area contributed by atoms with Gasteiger partial charge in [0.05, 0.1) is 5.69 Å². The number of phenols is 2. The van der Waals surface area contributed by atoms with E-state index >= 15 is 0 Å². The quantitative estimate of drug-likeness (QED) is 0.641. The highest BCUT2D eigenvalue weighted by atomic mass is 16.3. The molecule has 2 aromatic carbocycles. The van der Waals surface area contributed by atoms with Gasteiger partial charge < -0.3 is 15.9 Å². The number of anilines is 1. The minimum atomic E-state index is -0.228. The Bertz CT molecular complexity index is 877. The molecular weight excluding hydrogens is 294 g/mol. The molecule has 0 amide bonds. The van der Waals surface area contributed by atoms with Crippen LogP contribution in [0.2, 0.25) is 0 Å². The maximum Gasteiger partial charge on any atom is 0.220 e. The van der Waals surface area contributed by atoms with Crippen molar-refractivity contribution in [2.45, 2.75) is 0 Å². The van der Waals surface area contributed by atoms with Gasteiger partial charge in [-0.25, -0.2) is 9.97 Å². The largest absolute Gasteiger partial charge is 0.508 e. The SMILES string of the molecule is Nc1nccc(-c2cc(C(=O)c3ccc(O)cc3)ccc2O)n1. The average molecular weight is 307 g/mol. The van der Waals surface area contributed by atoms with Gasteiger partial charge in [-0.05, 0) is 48.5 Å². The van der Waals surface area contributed by atoms with Gasteiger partial charge in [0.1, 0.15) is 11.5 Å². The van der Waals surface area contributed by atoms with Crippen molar-refractivity contribution in [3.05, 3.63) is 65.9 Å². The second kappa shape index (κ2) is 5.76. The second-order valence-electron chi connectivity index (χ2n) is 4.91. The van der Waals surface area contributed by atoms with Crippen molar-refractivity contribution in [2.75, 3.05) is 5.73 Å². The molecule has 1 heterocycles. The fraction of sp³-hybridized carbons (Fsp3) is 0. The molecule has 1 aromatic heterocycles. The molecule has 0 saturated heterocycles. The molecule has 4 N–H and O–H groups in total. The zero-order valence-corrected chi connectivity index (χ0v) is 12.0. The first-order valence-corrected chi connectivity index (χ1v) is 6.80. The number of ketones is 1. The van der Waals surface area contributed by atoms with Crippen LogP contribution in [-0.4, -0.2) is 26.0 Å². The van der Waals surface area contributed by atoms with Crippen molar-refractivity contribution < 1.29 is 15.0 Å². The Morgan fingerprint density at radius 3 is 2.35 bits per heavy atom. The molecule has 23 heavy (non-hydrogen) atoms. The van der Waals surface area contributed by atoms with E-state index in [4.69, 9.17) is 5.73 Å². The summed E-state index contributed by atoms with van der Waals surface area (Å²) in [5.74, 6) is -0.0693. The Morgan fingerprint density at radius 2 is 1.65 bits per heavy atom. The molecule has 0 aliphatic carbocycles. The molecule has 3 rings (SSSR count). The molecule has 114 valence electrons. The van der Waals surface area contributed by atoms with Crippen molar-refractivity contribution in [2.24, 2.45) is 0 Å². The number of aromatic hydroxyl groups is 2. The maximum absolute atomic E-state index is 12.5. The number of rotatable bonds is 3. The second-order valence-corrected chi connectivity index (χ2v) is 4.91. The Labute approximate surface area is 131 Å². The summed E-state index contributed by atoms with van der Waals surface area (Å²) in [5.41, 5.74) is 7.19. The molecule has 0 spiro atoms. The Kier molecular flexibility index (Phi) is 3.64. The smallest absolute Gasteiger partial charge is 0.220 e. The molecule has 0 unspecified atom stereocenters. The molecule has 0 aliphatic rings. The van der Waals surface area contributed by atoms with Gasteiger partial charge in [-0.15, -0.1) is 0 Å². The summed E-state index contributed by atoms with van der Waals surface area (Å²) in [6.07, 6.45) is 1.48. The van der Waals surface area contributed by atoms with E-state index in [1.54, 1.807) is 12.1 Å². The van der Waals surface area contributed by atoms with E-state index in [1.807, 2.05) is 0 Å². The number of hydrogen-bond acceptors (Lipinski definition) is 6. The van der Waals surface area contributed by atoms with Crippen molar-refractivity contribution in [1.29, 1.82) is 0 Å². The van der Waals surface area contributed by atoms with Crippen LogP contribution in [0, 0.1) is 0 Å². The Hall–Kier alpha value is -3.41. The molecule has 6 nitrogen and oxygen atoms in total.